The summed E-state index contributed by atoms with van der Waals surface area (Å²) >= 11 is 0. The molecule has 0 aliphatic heterocycles. The fraction of sp³-hybridized carbons (Fsp3) is 0.500. The molecule has 0 aliphatic rings. The summed E-state index contributed by atoms with van der Waals surface area (Å²) in [6, 6.07) is 6.92. The number of anilines is 1. The number of amides is 2. The highest BCUT2D eigenvalue weighted by molar-refractivity contribution is 5.96. The van der Waals surface area contributed by atoms with Crippen molar-refractivity contribution in [1.29, 1.82) is 0 Å². The van der Waals surface area contributed by atoms with E-state index in [1.54, 1.807) is 27.7 Å². The number of alkyl carbamates (subject to hydrolysis) is 1. The van der Waals surface area contributed by atoms with Gasteiger partial charge in [-0.05, 0) is 45.7 Å². The van der Waals surface area contributed by atoms with Gasteiger partial charge in [0, 0.05) is 5.69 Å². The van der Waals surface area contributed by atoms with Gasteiger partial charge in [0.2, 0.25) is 5.91 Å². The maximum Gasteiger partial charge on any atom is 0.408 e. The molecule has 0 aromatic heterocycles. The van der Waals surface area contributed by atoms with E-state index >= 15 is 0 Å². The highest BCUT2D eigenvalue weighted by Crippen LogP contribution is 2.15. The van der Waals surface area contributed by atoms with Crippen molar-refractivity contribution in [2.75, 3.05) is 5.32 Å². The second-order valence-corrected chi connectivity index (χ2v) is 5.87. The Morgan fingerprint density at radius 2 is 1.86 bits per heavy atom. The van der Waals surface area contributed by atoms with Gasteiger partial charge in [0.05, 0.1) is 0 Å². The Morgan fingerprint density at radius 3 is 2.43 bits per heavy atom. The van der Waals surface area contributed by atoms with Crippen molar-refractivity contribution in [3.63, 3.8) is 0 Å². The van der Waals surface area contributed by atoms with Crippen molar-refractivity contribution in [2.24, 2.45) is 0 Å². The van der Waals surface area contributed by atoms with Crippen LogP contribution in [0.25, 0.3) is 0 Å². The lowest BCUT2D eigenvalue weighted by Crippen LogP contribution is -2.44. The molecule has 0 saturated carbocycles. The molecule has 1 rings (SSSR count). The minimum Gasteiger partial charge on any atom is -0.444 e. The number of nitrogens with one attached hydrogen (secondary N) is 2. The Balaban J connectivity index is 2.61. The Morgan fingerprint density at radius 1 is 1.24 bits per heavy atom. The molecule has 0 spiro atoms. The molecule has 1 aromatic carbocycles. The molecule has 0 aliphatic carbocycles. The molecule has 1 aromatic rings. The first-order valence-electron chi connectivity index (χ1n) is 7.11. The van der Waals surface area contributed by atoms with E-state index in [1.807, 2.05) is 31.2 Å². The van der Waals surface area contributed by atoms with E-state index in [2.05, 4.69) is 10.6 Å². The van der Waals surface area contributed by atoms with Gasteiger partial charge in [-0.3, -0.25) is 4.79 Å². The highest BCUT2D eigenvalue weighted by atomic mass is 16.6. The van der Waals surface area contributed by atoms with Crippen LogP contribution in [0.5, 0.6) is 0 Å². The van der Waals surface area contributed by atoms with Crippen LogP contribution in [0.3, 0.4) is 0 Å². The third kappa shape index (κ3) is 5.85. The third-order valence-electron chi connectivity index (χ3n) is 2.78. The van der Waals surface area contributed by atoms with Crippen LogP contribution in [0.4, 0.5) is 10.5 Å². The summed E-state index contributed by atoms with van der Waals surface area (Å²) in [7, 11) is 0. The van der Waals surface area contributed by atoms with Gasteiger partial charge < -0.3 is 15.4 Å². The Labute approximate surface area is 126 Å². The molecule has 5 nitrogen and oxygen atoms in total. The van der Waals surface area contributed by atoms with Crippen LogP contribution < -0.4 is 10.6 Å². The van der Waals surface area contributed by atoms with E-state index in [1.165, 1.54) is 0 Å². The molecule has 2 amide bonds. The molecule has 1 atom stereocenters. The molecular weight excluding hydrogens is 268 g/mol. The lowest BCUT2D eigenvalue weighted by molar-refractivity contribution is -0.117. The molecule has 2 N–H and O–H groups in total. The quantitative estimate of drug-likeness (QED) is 0.896. The first-order valence-corrected chi connectivity index (χ1v) is 7.11. The molecule has 0 radical (unpaired) electrons. The van der Waals surface area contributed by atoms with E-state index in [-0.39, 0.29) is 5.91 Å². The standard InChI is InChI=1S/C16H24N2O3/c1-6-12-9-7-8-10-13(12)18-14(19)11(2)17-15(20)21-16(3,4)5/h7-11H,6H2,1-5H3,(H,17,20)(H,18,19). The van der Waals surface area contributed by atoms with E-state index < -0.39 is 17.7 Å². The SMILES string of the molecule is CCc1ccccc1NC(=O)C(C)NC(=O)OC(C)(C)C. The first-order chi connectivity index (χ1) is 9.73. The Hall–Kier alpha value is -2.04. The summed E-state index contributed by atoms with van der Waals surface area (Å²) < 4.78 is 5.12. The number of benzene rings is 1. The summed E-state index contributed by atoms with van der Waals surface area (Å²) in [6.45, 7) is 8.96. The smallest absolute Gasteiger partial charge is 0.408 e. The maximum atomic E-state index is 12.1. The van der Waals surface area contributed by atoms with Gasteiger partial charge in [-0.15, -0.1) is 0 Å². The second kappa shape index (κ2) is 7.11. The molecule has 0 heterocycles. The minimum absolute atomic E-state index is 0.276. The van der Waals surface area contributed by atoms with Crippen molar-refractivity contribution in [2.45, 2.75) is 52.7 Å². The molecule has 0 bridgehead atoms. The van der Waals surface area contributed by atoms with Crippen molar-refractivity contribution in [1.82, 2.24) is 5.32 Å². The minimum atomic E-state index is -0.676. The van der Waals surface area contributed by atoms with Crippen molar-refractivity contribution in [3.8, 4) is 0 Å². The van der Waals surface area contributed by atoms with E-state index in [9.17, 15) is 9.59 Å². The molecule has 5 heteroatoms. The molecule has 116 valence electrons. The van der Waals surface area contributed by atoms with Crippen LogP contribution in [-0.2, 0) is 16.0 Å². The zero-order valence-electron chi connectivity index (χ0n) is 13.3. The van der Waals surface area contributed by atoms with Crippen LogP contribution in [0.1, 0.15) is 40.2 Å². The zero-order chi connectivity index (χ0) is 16.0. The largest absolute Gasteiger partial charge is 0.444 e. The number of para-hydroxylation sites is 1. The van der Waals surface area contributed by atoms with Gasteiger partial charge in [-0.1, -0.05) is 25.1 Å². The van der Waals surface area contributed by atoms with Gasteiger partial charge in [-0.25, -0.2) is 4.79 Å². The number of hydrogen-bond donors (Lipinski definition) is 2. The predicted molar refractivity (Wildman–Crippen MR) is 83.3 cm³/mol. The summed E-state index contributed by atoms with van der Waals surface area (Å²) in [6.07, 6.45) is 0.221. The Kier molecular flexibility index (Phi) is 5.76. The molecule has 0 fully saturated rings. The number of rotatable bonds is 4. The topological polar surface area (TPSA) is 67.4 Å². The number of ether oxygens (including phenoxy) is 1. The van der Waals surface area contributed by atoms with Crippen LogP contribution >= 0.6 is 0 Å². The molecule has 1 unspecified atom stereocenters. The van der Waals surface area contributed by atoms with E-state index in [0.29, 0.717) is 0 Å². The molecular formula is C16H24N2O3. The normalized spacial score (nSPS) is 12.4. The van der Waals surface area contributed by atoms with Gasteiger partial charge in [-0.2, -0.15) is 0 Å². The van der Waals surface area contributed by atoms with E-state index in [0.717, 1.165) is 17.7 Å². The van der Waals surface area contributed by atoms with Crippen molar-refractivity contribution >= 4 is 17.7 Å². The molecule has 21 heavy (non-hydrogen) atoms. The third-order valence-corrected chi connectivity index (χ3v) is 2.78. The number of hydrogen-bond acceptors (Lipinski definition) is 3. The zero-order valence-corrected chi connectivity index (χ0v) is 13.3. The lowest BCUT2D eigenvalue weighted by atomic mass is 10.1. The van der Waals surface area contributed by atoms with Gasteiger partial charge in [0.15, 0.2) is 0 Å². The average Bonchev–Trinajstić information content (AvgIpc) is 2.36. The van der Waals surface area contributed by atoms with Crippen LogP contribution in [0.15, 0.2) is 24.3 Å². The van der Waals surface area contributed by atoms with Gasteiger partial charge >= 0.3 is 6.09 Å². The maximum absolute atomic E-state index is 12.1. The van der Waals surface area contributed by atoms with Crippen molar-refractivity contribution < 1.29 is 14.3 Å². The van der Waals surface area contributed by atoms with Crippen LogP contribution in [0, 0.1) is 0 Å². The van der Waals surface area contributed by atoms with E-state index in [4.69, 9.17) is 4.74 Å². The fourth-order valence-corrected chi connectivity index (χ4v) is 1.74. The summed E-state index contributed by atoms with van der Waals surface area (Å²) in [4.78, 5) is 23.7. The second-order valence-electron chi connectivity index (χ2n) is 5.87. The molecule has 0 saturated heterocycles. The average molecular weight is 292 g/mol. The fourth-order valence-electron chi connectivity index (χ4n) is 1.74. The van der Waals surface area contributed by atoms with Gasteiger partial charge in [0.1, 0.15) is 11.6 Å². The van der Waals surface area contributed by atoms with Crippen molar-refractivity contribution in [3.05, 3.63) is 29.8 Å². The first kappa shape index (κ1) is 17.0. The number of carbonyl (C=O) groups is 2. The van der Waals surface area contributed by atoms with Crippen LogP contribution in [-0.4, -0.2) is 23.6 Å². The number of aryl methyl sites for hydroxylation is 1. The highest BCUT2D eigenvalue weighted by Gasteiger charge is 2.21. The van der Waals surface area contributed by atoms with Crippen LogP contribution in [0.2, 0.25) is 0 Å². The summed E-state index contributed by atoms with van der Waals surface area (Å²) in [5.74, 6) is -0.276. The monoisotopic (exact) mass is 292 g/mol. The summed E-state index contributed by atoms with van der Waals surface area (Å²) in [5, 5.41) is 5.34. The van der Waals surface area contributed by atoms with Gasteiger partial charge in [0.25, 0.3) is 0 Å². The predicted octanol–water partition coefficient (Wildman–Crippen LogP) is 3.10. The Bertz CT molecular complexity index is 506. The number of carbonyl (C=O) groups excluding carboxylic acids is 2. The lowest BCUT2D eigenvalue weighted by Gasteiger charge is -2.22. The summed E-state index contributed by atoms with van der Waals surface area (Å²) in [5.41, 5.74) is 1.23.